The lowest BCUT2D eigenvalue weighted by Crippen LogP contribution is -1.67. The van der Waals surface area contributed by atoms with E-state index in [0.29, 0.717) is 17.2 Å². The maximum absolute atomic E-state index is 10.3. The second-order valence-electron chi connectivity index (χ2n) is 2.06. The van der Waals surface area contributed by atoms with E-state index in [4.69, 9.17) is 11.6 Å². The lowest BCUT2D eigenvalue weighted by Gasteiger charge is -1.77. The van der Waals surface area contributed by atoms with E-state index in [-0.39, 0.29) is 0 Å². The Morgan fingerprint density at radius 3 is 3.00 bits per heavy atom. The standard InChI is InChI=1S/C9H7ClOS/c10-6-2-1-3-8-4-5-9(7-11)12-8/h4-5,7H,2,6H2. The second-order valence-corrected chi connectivity index (χ2v) is 3.55. The normalized spacial score (nSPS) is 8.75. The molecular formula is C9H7ClOS. The number of halogens is 1. The van der Waals surface area contributed by atoms with Gasteiger partial charge in [-0.3, -0.25) is 4.79 Å². The van der Waals surface area contributed by atoms with E-state index >= 15 is 0 Å². The van der Waals surface area contributed by atoms with Gasteiger partial charge < -0.3 is 0 Å². The highest BCUT2D eigenvalue weighted by atomic mass is 35.5. The maximum Gasteiger partial charge on any atom is 0.160 e. The molecule has 0 aliphatic carbocycles. The quantitative estimate of drug-likeness (QED) is 0.406. The number of aldehydes is 1. The van der Waals surface area contributed by atoms with Crippen molar-refractivity contribution in [3.8, 4) is 11.8 Å². The van der Waals surface area contributed by atoms with Crippen LogP contribution in [-0.4, -0.2) is 12.2 Å². The third-order valence-electron chi connectivity index (χ3n) is 1.17. The van der Waals surface area contributed by atoms with Crippen LogP contribution < -0.4 is 0 Å². The van der Waals surface area contributed by atoms with Gasteiger partial charge in [-0.15, -0.1) is 22.9 Å². The molecule has 0 aliphatic rings. The van der Waals surface area contributed by atoms with Crippen molar-refractivity contribution in [2.45, 2.75) is 6.42 Å². The summed E-state index contributed by atoms with van der Waals surface area (Å²) < 4.78 is 0. The molecule has 0 unspecified atom stereocenters. The zero-order valence-electron chi connectivity index (χ0n) is 6.34. The Hall–Kier alpha value is -0.780. The molecule has 0 amide bonds. The highest BCUT2D eigenvalue weighted by molar-refractivity contribution is 7.14. The summed E-state index contributed by atoms with van der Waals surface area (Å²) in [5.41, 5.74) is 0. The Bertz CT molecular complexity index is 319. The van der Waals surface area contributed by atoms with Gasteiger partial charge in [0.25, 0.3) is 0 Å². The number of carbonyl (C=O) groups excluding carboxylic acids is 1. The number of hydrogen-bond acceptors (Lipinski definition) is 2. The Kier molecular flexibility index (Phi) is 3.86. The van der Waals surface area contributed by atoms with Crippen LogP contribution in [0.1, 0.15) is 21.0 Å². The minimum atomic E-state index is 0.554. The smallest absolute Gasteiger partial charge is 0.160 e. The van der Waals surface area contributed by atoms with Crippen LogP contribution in [0.5, 0.6) is 0 Å². The molecule has 1 aromatic heterocycles. The van der Waals surface area contributed by atoms with E-state index in [1.807, 2.05) is 6.07 Å². The van der Waals surface area contributed by atoms with E-state index in [1.54, 1.807) is 6.07 Å². The van der Waals surface area contributed by atoms with Crippen LogP contribution in [0.15, 0.2) is 12.1 Å². The summed E-state index contributed by atoms with van der Waals surface area (Å²) in [7, 11) is 0. The first-order valence-electron chi connectivity index (χ1n) is 3.46. The lowest BCUT2D eigenvalue weighted by molar-refractivity contribution is 0.112. The molecule has 0 aliphatic heterocycles. The first-order valence-corrected chi connectivity index (χ1v) is 4.82. The van der Waals surface area contributed by atoms with E-state index in [0.717, 1.165) is 11.2 Å². The summed E-state index contributed by atoms with van der Waals surface area (Å²) in [6.07, 6.45) is 1.52. The Morgan fingerprint density at radius 1 is 1.58 bits per heavy atom. The molecule has 62 valence electrons. The molecule has 0 saturated heterocycles. The number of thiophene rings is 1. The average Bonchev–Trinajstić information content (AvgIpc) is 2.53. The molecule has 0 radical (unpaired) electrons. The molecule has 1 nitrogen and oxygen atoms in total. The zero-order chi connectivity index (χ0) is 8.81. The van der Waals surface area contributed by atoms with Gasteiger partial charge in [0.1, 0.15) is 0 Å². The summed E-state index contributed by atoms with van der Waals surface area (Å²) in [6, 6.07) is 3.61. The summed E-state index contributed by atoms with van der Waals surface area (Å²) >= 11 is 6.84. The lowest BCUT2D eigenvalue weighted by atomic mass is 10.4. The fraction of sp³-hybridized carbons (Fsp3) is 0.222. The van der Waals surface area contributed by atoms with Crippen LogP contribution >= 0.6 is 22.9 Å². The van der Waals surface area contributed by atoms with E-state index in [9.17, 15) is 4.79 Å². The van der Waals surface area contributed by atoms with Gasteiger partial charge in [-0.25, -0.2) is 0 Å². The Balaban J connectivity index is 2.65. The van der Waals surface area contributed by atoms with Gasteiger partial charge in [0.15, 0.2) is 6.29 Å². The predicted octanol–water partition coefficient (Wildman–Crippen LogP) is 2.54. The van der Waals surface area contributed by atoms with E-state index < -0.39 is 0 Å². The van der Waals surface area contributed by atoms with E-state index in [2.05, 4.69) is 11.8 Å². The molecule has 0 fully saturated rings. The molecule has 0 bridgehead atoms. The van der Waals surface area contributed by atoms with Gasteiger partial charge in [-0.1, -0.05) is 11.8 Å². The van der Waals surface area contributed by atoms with Gasteiger partial charge >= 0.3 is 0 Å². The molecule has 0 N–H and O–H groups in total. The van der Waals surface area contributed by atoms with Gasteiger partial charge in [0, 0.05) is 12.3 Å². The second kappa shape index (κ2) is 4.97. The molecule has 1 rings (SSSR count). The topological polar surface area (TPSA) is 17.1 Å². The van der Waals surface area contributed by atoms with Gasteiger partial charge in [0.2, 0.25) is 0 Å². The third kappa shape index (κ3) is 2.69. The van der Waals surface area contributed by atoms with Crippen LogP contribution in [0.2, 0.25) is 0 Å². The summed E-state index contributed by atoms with van der Waals surface area (Å²) in [5.74, 6) is 6.38. The van der Waals surface area contributed by atoms with E-state index in [1.165, 1.54) is 11.3 Å². The molecule has 0 saturated carbocycles. The van der Waals surface area contributed by atoms with Crippen molar-refractivity contribution in [3.63, 3.8) is 0 Å². The average molecular weight is 199 g/mol. The number of carbonyl (C=O) groups is 1. The van der Waals surface area contributed by atoms with Gasteiger partial charge in [-0.2, -0.15) is 0 Å². The summed E-state index contributed by atoms with van der Waals surface area (Å²) in [5, 5.41) is 0. The molecular weight excluding hydrogens is 192 g/mol. The largest absolute Gasteiger partial charge is 0.297 e. The molecule has 3 heteroatoms. The summed E-state index contributed by atoms with van der Waals surface area (Å²) in [4.78, 5) is 11.9. The van der Waals surface area contributed by atoms with Crippen LogP contribution in [0, 0.1) is 11.8 Å². The number of alkyl halides is 1. The third-order valence-corrected chi connectivity index (χ3v) is 2.29. The summed E-state index contributed by atoms with van der Waals surface area (Å²) in [6.45, 7) is 0. The minimum absolute atomic E-state index is 0.554. The van der Waals surface area contributed by atoms with Crippen LogP contribution in [-0.2, 0) is 0 Å². The monoisotopic (exact) mass is 198 g/mol. The number of hydrogen-bond donors (Lipinski definition) is 0. The van der Waals surface area contributed by atoms with Gasteiger partial charge in [0.05, 0.1) is 9.75 Å². The first-order chi connectivity index (χ1) is 5.86. The van der Waals surface area contributed by atoms with Crippen LogP contribution in [0.3, 0.4) is 0 Å². The SMILES string of the molecule is O=Cc1ccc(C#CCCCl)s1. The Labute approximate surface area is 80.4 Å². The fourth-order valence-corrected chi connectivity index (χ4v) is 1.47. The highest BCUT2D eigenvalue weighted by Crippen LogP contribution is 2.12. The van der Waals surface area contributed by atoms with Crippen molar-refractivity contribution in [2.24, 2.45) is 0 Å². The van der Waals surface area contributed by atoms with Crippen molar-refractivity contribution in [1.82, 2.24) is 0 Å². The van der Waals surface area contributed by atoms with Crippen molar-refractivity contribution in [2.75, 3.05) is 5.88 Å². The molecule has 0 spiro atoms. The van der Waals surface area contributed by atoms with Gasteiger partial charge in [-0.05, 0) is 12.1 Å². The minimum Gasteiger partial charge on any atom is -0.297 e. The molecule has 0 atom stereocenters. The molecule has 12 heavy (non-hydrogen) atoms. The van der Waals surface area contributed by atoms with Crippen LogP contribution in [0.25, 0.3) is 0 Å². The maximum atomic E-state index is 10.3. The predicted molar refractivity (Wildman–Crippen MR) is 51.9 cm³/mol. The zero-order valence-corrected chi connectivity index (χ0v) is 7.91. The van der Waals surface area contributed by atoms with Crippen molar-refractivity contribution in [1.29, 1.82) is 0 Å². The highest BCUT2D eigenvalue weighted by Gasteiger charge is 1.93. The molecule has 1 heterocycles. The molecule has 0 aromatic carbocycles. The Morgan fingerprint density at radius 2 is 2.42 bits per heavy atom. The fourth-order valence-electron chi connectivity index (χ4n) is 0.680. The first kappa shape index (κ1) is 9.31. The van der Waals surface area contributed by atoms with Crippen molar-refractivity contribution < 1.29 is 4.79 Å². The molecule has 1 aromatic rings. The number of rotatable bonds is 2. The van der Waals surface area contributed by atoms with Crippen molar-refractivity contribution in [3.05, 3.63) is 21.9 Å². The van der Waals surface area contributed by atoms with Crippen LogP contribution in [0.4, 0.5) is 0 Å². The van der Waals surface area contributed by atoms with Crippen molar-refractivity contribution >= 4 is 29.2 Å².